The molecule has 1 aliphatic rings. The molecular formula is C19H22N4O3S3. The van der Waals surface area contributed by atoms with Gasteiger partial charge < -0.3 is 5.32 Å². The quantitative estimate of drug-likeness (QED) is 0.673. The molecule has 154 valence electrons. The van der Waals surface area contributed by atoms with Crippen molar-refractivity contribution in [3.8, 4) is 6.07 Å². The van der Waals surface area contributed by atoms with Crippen LogP contribution in [0.3, 0.4) is 0 Å². The fourth-order valence-electron chi connectivity index (χ4n) is 2.96. The zero-order chi connectivity index (χ0) is 20.9. The third kappa shape index (κ3) is 5.36. The van der Waals surface area contributed by atoms with E-state index in [0.29, 0.717) is 28.7 Å². The topological polar surface area (TPSA) is 103 Å². The average Bonchev–Trinajstić information content (AvgIpc) is 2.97. The molecule has 1 N–H and O–H groups in total. The number of aromatic nitrogens is 1. The number of amides is 1. The lowest BCUT2D eigenvalue weighted by atomic mass is 10.2. The van der Waals surface area contributed by atoms with Gasteiger partial charge in [0.15, 0.2) is 0 Å². The molecule has 0 unspecified atom stereocenters. The van der Waals surface area contributed by atoms with Crippen molar-refractivity contribution in [3.63, 3.8) is 0 Å². The number of nitriles is 1. The van der Waals surface area contributed by atoms with Crippen molar-refractivity contribution in [2.24, 2.45) is 0 Å². The molecule has 1 amide bonds. The summed E-state index contributed by atoms with van der Waals surface area (Å²) in [6.07, 6.45) is 5.23. The Morgan fingerprint density at radius 3 is 2.62 bits per heavy atom. The Labute approximate surface area is 179 Å². The fourth-order valence-corrected chi connectivity index (χ4v) is 5.95. The van der Waals surface area contributed by atoms with Crippen LogP contribution in [-0.2, 0) is 14.8 Å². The summed E-state index contributed by atoms with van der Waals surface area (Å²) >= 11 is 2.53. The lowest BCUT2D eigenvalue weighted by Gasteiger charge is -2.19. The highest BCUT2D eigenvalue weighted by atomic mass is 32.2. The van der Waals surface area contributed by atoms with E-state index < -0.39 is 15.3 Å². The summed E-state index contributed by atoms with van der Waals surface area (Å²) in [5, 5.41) is 14.2. The molecule has 29 heavy (non-hydrogen) atoms. The number of thiophene rings is 1. The van der Waals surface area contributed by atoms with Gasteiger partial charge >= 0.3 is 0 Å². The molecule has 0 aliphatic carbocycles. The van der Waals surface area contributed by atoms with Gasteiger partial charge in [0.05, 0.1) is 15.8 Å². The Hall–Kier alpha value is -1.93. The summed E-state index contributed by atoms with van der Waals surface area (Å²) in [6.45, 7) is 2.83. The van der Waals surface area contributed by atoms with Crippen LogP contribution in [0.4, 0.5) is 5.00 Å². The van der Waals surface area contributed by atoms with E-state index in [1.165, 1.54) is 33.6 Å². The van der Waals surface area contributed by atoms with Gasteiger partial charge in [-0.1, -0.05) is 24.6 Å². The normalized spacial score (nSPS) is 16.6. The molecule has 10 heteroatoms. The number of nitrogens with one attached hydrogen (secondary N) is 1. The van der Waals surface area contributed by atoms with E-state index in [0.717, 1.165) is 25.7 Å². The van der Waals surface area contributed by atoms with Gasteiger partial charge in [0, 0.05) is 19.3 Å². The Kier molecular flexibility index (Phi) is 7.29. The van der Waals surface area contributed by atoms with Gasteiger partial charge in [-0.2, -0.15) is 9.57 Å². The number of nitrogens with zero attached hydrogens (tertiary/aromatic N) is 3. The lowest BCUT2D eigenvalue weighted by molar-refractivity contribution is -0.115. The monoisotopic (exact) mass is 450 g/mol. The molecule has 1 aliphatic heterocycles. The highest BCUT2D eigenvalue weighted by molar-refractivity contribution is 8.00. The first kappa shape index (κ1) is 21.8. The van der Waals surface area contributed by atoms with Crippen LogP contribution >= 0.6 is 23.1 Å². The molecule has 2 aromatic rings. The zero-order valence-electron chi connectivity index (χ0n) is 16.0. The van der Waals surface area contributed by atoms with E-state index in [1.807, 2.05) is 6.07 Å². The minimum atomic E-state index is -3.54. The van der Waals surface area contributed by atoms with Crippen LogP contribution in [0.15, 0.2) is 39.7 Å². The fraction of sp³-hybridized carbons (Fsp3) is 0.421. The van der Waals surface area contributed by atoms with E-state index >= 15 is 0 Å². The van der Waals surface area contributed by atoms with Gasteiger partial charge in [-0.05, 0) is 43.3 Å². The van der Waals surface area contributed by atoms with Crippen LogP contribution in [0.2, 0.25) is 0 Å². The second kappa shape index (κ2) is 9.71. The van der Waals surface area contributed by atoms with Crippen molar-refractivity contribution in [2.75, 3.05) is 18.4 Å². The maximum absolute atomic E-state index is 12.8. The van der Waals surface area contributed by atoms with Gasteiger partial charge in [-0.25, -0.2) is 13.4 Å². The number of carbonyl (C=O) groups excluding carboxylic acids is 1. The van der Waals surface area contributed by atoms with Crippen LogP contribution in [0.5, 0.6) is 0 Å². The summed E-state index contributed by atoms with van der Waals surface area (Å²) in [5.74, 6) is -0.239. The minimum absolute atomic E-state index is 0.179. The van der Waals surface area contributed by atoms with Crippen molar-refractivity contribution in [1.82, 2.24) is 9.29 Å². The molecule has 0 radical (unpaired) electrons. The molecule has 0 bridgehead atoms. The van der Waals surface area contributed by atoms with E-state index in [2.05, 4.69) is 10.3 Å². The number of hydrogen-bond acceptors (Lipinski definition) is 7. The number of hydrogen-bond donors (Lipinski definition) is 1. The van der Waals surface area contributed by atoms with Crippen LogP contribution in [0.25, 0.3) is 0 Å². The first-order valence-electron chi connectivity index (χ1n) is 9.33. The maximum Gasteiger partial charge on any atom is 0.244 e. The molecule has 1 saturated heterocycles. The maximum atomic E-state index is 12.8. The summed E-state index contributed by atoms with van der Waals surface area (Å²) in [6, 6.07) is 6.87. The second-order valence-electron chi connectivity index (χ2n) is 6.67. The predicted molar refractivity (Wildman–Crippen MR) is 114 cm³/mol. The highest BCUT2D eigenvalue weighted by Crippen LogP contribution is 2.27. The molecular weight excluding hydrogens is 428 g/mol. The number of rotatable bonds is 6. The Balaban J connectivity index is 1.64. The molecule has 1 fully saturated rings. The third-order valence-corrected chi connectivity index (χ3v) is 8.36. The molecule has 0 aromatic carbocycles. The SMILES string of the molecule is C[C@@H](Sc1ccc(S(=O)(=O)N2CCCCCC2)cn1)C(=O)Nc1sccc1C#N. The standard InChI is InChI=1S/C19H22N4O3S3/c1-14(18(24)22-19-15(12-20)8-11-27-19)28-17-7-6-16(13-21-17)29(25,26)23-9-4-2-3-5-10-23/h6-8,11,13-14H,2-5,9-10H2,1H3,(H,22,24)/t14-/m1/s1. The summed E-state index contributed by atoms with van der Waals surface area (Å²) in [7, 11) is -3.54. The Bertz CT molecular complexity index is 988. The Morgan fingerprint density at radius 1 is 1.28 bits per heavy atom. The molecule has 0 spiro atoms. The summed E-state index contributed by atoms with van der Waals surface area (Å²) in [5.41, 5.74) is 0.432. The number of carbonyl (C=O) groups is 1. The highest BCUT2D eigenvalue weighted by Gasteiger charge is 2.25. The zero-order valence-corrected chi connectivity index (χ0v) is 18.4. The van der Waals surface area contributed by atoms with E-state index in [4.69, 9.17) is 5.26 Å². The largest absolute Gasteiger partial charge is 0.316 e. The van der Waals surface area contributed by atoms with Crippen molar-refractivity contribution >= 4 is 44.0 Å². The van der Waals surface area contributed by atoms with E-state index in [-0.39, 0.29) is 10.8 Å². The smallest absolute Gasteiger partial charge is 0.244 e. The third-order valence-electron chi connectivity index (χ3n) is 4.60. The summed E-state index contributed by atoms with van der Waals surface area (Å²) < 4.78 is 27.2. The molecule has 3 rings (SSSR count). The van der Waals surface area contributed by atoms with Crippen molar-refractivity contribution < 1.29 is 13.2 Å². The van der Waals surface area contributed by atoms with Crippen LogP contribution < -0.4 is 5.32 Å². The lowest BCUT2D eigenvalue weighted by Crippen LogP contribution is -2.32. The first-order valence-corrected chi connectivity index (χ1v) is 12.5. The minimum Gasteiger partial charge on any atom is -0.316 e. The van der Waals surface area contributed by atoms with Gasteiger partial charge in [0.2, 0.25) is 15.9 Å². The van der Waals surface area contributed by atoms with Gasteiger partial charge in [-0.15, -0.1) is 11.3 Å². The van der Waals surface area contributed by atoms with Crippen LogP contribution in [0.1, 0.15) is 38.2 Å². The van der Waals surface area contributed by atoms with Gasteiger partial charge in [0.1, 0.15) is 16.0 Å². The van der Waals surface area contributed by atoms with Crippen molar-refractivity contribution in [1.29, 1.82) is 5.26 Å². The average molecular weight is 451 g/mol. The van der Waals surface area contributed by atoms with E-state index in [1.54, 1.807) is 30.5 Å². The molecule has 7 nitrogen and oxygen atoms in total. The predicted octanol–water partition coefficient (Wildman–Crippen LogP) is 3.70. The first-order chi connectivity index (χ1) is 13.9. The number of anilines is 1. The molecule has 2 aromatic heterocycles. The molecule has 1 atom stereocenters. The van der Waals surface area contributed by atoms with Crippen LogP contribution in [0, 0.1) is 11.3 Å². The molecule has 3 heterocycles. The second-order valence-corrected chi connectivity index (χ2v) is 10.9. The molecule has 0 saturated carbocycles. The Morgan fingerprint density at radius 2 is 2.00 bits per heavy atom. The van der Waals surface area contributed by atoms with Gasteiger partial charge in [0.25, 0.3) is 0 Å². The van der Waals surface area contributed by atoms with Gasteiger partial charge in [-0.3, -0.25) is 4.79 Å². The van der Waals surface area contributed by atoms with Crippen molar-refractivity contribution in [2.45, 2.75) is 47.8 Å². The number of pyridine rings is 1. The van der Waals surface area contributed by atoms with Crippen LogP contribution in [-0.4, -0.2) is 42.0 Å². The summed E-state index contributed by atoms with van der Waals surface area (Å²) in [4.78, 5) is 16.8. The number of thioether (sulfide) groups is 1. The van der Waals surface area contributed by atoms with Crippen molar-refractivity contribution in [3.05, 3.63) is 35.3 Å². The number of sulfonamides is 1. The van der Waals surface area contributed by atoms with E-state index in [9.17, 15) is 13.2 Å².